The normalized spacial score (nSPS) is 11.9. The largest absolute Gasteiger partial charge is 0.417 e. The topological polar surface area (TPSA) is 36.8 Å². The van der Waals surface area contributed by atoms with Gasteiger partial charge in [-0.3, -0.25) is 0 Å². The number of alkyl halides is 3. The highest BCUT2D eigenvalue weighted by Crippen LogP contribution is 2.37. The van der Waals surface area contributed by atoms with E-state index in [1.54, 1.807) is 0 Å². The first-order valence-electron chi connectivity index (χ1n) is 3.40. The minimum absolute atomic E-state index is 0.252. The Kier molecular flexibility index (Phi) is 3.13. The molecule has 0 saturated heterocycles. The average Bonchev–Trinajstić information content (AvgIpc) is 2.06. The molecule has 0 saturated carbocycles. The first-order chi connectivity index (χ1) is 6.36. The third-order valence-electron chi connectivity index (χ3n) is 1.51. The van der Waals surface area contributed by atoms with Gasteiger partial charge in [-0.2, -0.15) is 18.7 Å². The van der Waals surface area contributed by atoms with Crippen molar-refractivity contribution in [3.8, 4) is 0 Å². The highest BCUT2D eigenvalue weighted by Gasteiger charge is 2.35. The van der Waals surface area contributed by atoms with Crippen LogP contribution >= 0.6 is 15.9 Å². The molecule has 7 heteroatoms. The fraction of sp³-hybridized carbons (Fsp3) is 0.143. The maximum Gasteiger partial charge on any atom is 0.417 e. The van der Waals surface area contributed by atoms with Gasteiger partial charge in [0.1, 0.15) is 5.82 Å². The summed E-state index contributed by atoms with van der Waals surface area (Å²) < 4.78 is 49.1. The second-order valence-corrected chi connectivity index (χ2v) is 3.28. The molecule has 0 bridgehead atoms. The summed E-state index contributed by atoms with van der Waals surface area (Å²) in [6.07, 6.45) is -4.65. The maximum atomic E-state index is 12.7. The zero-order valence-electron chi connectivity index (χ0n) is 6.57. The van der Waals surface area contributed by atoms with Crippen molar-refractivity contribution in [2.45, 2.75) is 6.18 Å². The van der Waals surface area contributed by atoms with Gasteiger partial charge in [-0.15, -0.1) is 0 Å². The molecule has 1 rings (SSSR count). The number of hydrogen-bond acceptors (Lipinski definition) is 1. The lowest BCUT2D eigenvalue weighted by molar-refractivity contribution is -0.826. The van der Waals surface area contributed by atoms with Gasteiger partial charge < -0.3 is 0 Å². The van der Waals surface area contributed by atoms with Gasteiger partial charge in [0, 0.05) is 6.07 Å². The quantitative estimate of drug-likeness (QED) is 0.460. The second kappa shape index (κ2) is 3.84. The van der Waals surface area contributed by atoms with Gasteiger partial charge >= 0.3 is 6.18 Å². The molecule has 1 aromatic rings. The van der Waals surface area contributed by atoms with Gasteiger partial charge in [0.05, 0.1) is 10.0 Å². The maximum absolute atomic E-state index is 12.7. The lowest BCUT2D eigenvalue weighted by Crippen LogP contribution is -2.74. The van der Waals surface area contributed by atoms with Crippen molar-refractivity contribution in [1.82, 2.24) is 0 Å². The van der Waals surface area contributed by atoms with Crippen LogP contribution < -0.4 is 5.48 Å². The number of halogens is 5. The van der Waals surface area contributed by atoms with Crippen LogP contribution in [0.1, 0.15) is 5.56 Å². The van der Waals surface area contributed by atoms with Gasteiger partial charge in [0.15, 0.2) is 5.69 Å². The fourth-order valence-corrected chi connectivity index (χ4v) is 1.47. The Balaban J connectivity index is 3.37. The van der Waals surface area contributed by atoms with Gasteiger partial charge in [0.2, 0.25) is 0 Å². The second-order valence-electron chi connectivity index (χ2n) is 2.48. The van der Waals surface area contributed by atoms with E-state index in [0.29, 0.717) is 11.5 Å². The van der Waals surface area contributed by atoms with Crippen LogP contribution in [0.15, 0.2) is 16.6 Å². The van der Waals surface area contributed by atoms with E-state index < -0.39 is 17.6 Å². The van der Waals surface area contributed by atoms with E-state index in [1.807, 2.05) is 0 Å². The molecule has 0 atom stereocenters. The Morgan fingerprint density at radius 2 is 1.86 bits per heavy atom. The van der Waals surface area contributed by atoms with Crippen molar-refractivity contribution in [3.63, 3.8) is 0 Å². The van der Waals surface area contributed by atoms with Crippen molar-refractivity contribution in [2.24, 2.45) is 0 Å². The molecule has 0 heterocycles. The van der Waals surface area contributed by atoms with Crippen molar-refractivity contribution < 1.29 is 28.2 Å². The lowest BCUT2D eigenvalue weighted by Gasteiger charge is -2.09. The third kappa shape index (κ3) is 2.23. The number of rotatable bonds is 1. The molecular weight excluding hydrogens is 270 g/mol. The molecule has 0 amide bonds. The molecule has 14 heavy (non-hydrogen) atoms. The Bertz CT molecular complexity index is 352. The van der Waals surface area contributed by atoms with Crippen molar-refractivity contribution in [2.75, 3.05) is 0 Å². The van der Waals surface area contributed by atoms with Gasteiger partial charge in [-0.25, -0.2) is 9.60 Å². The first-order valence-corrected chi connectivity index (χ1v) is 4.19. The van der Waals surface area contributed by atoms with E-state index in [4.69, 9.17) is 5.21 Å². The first kappa shape index (κ1) is 11.4. The third-order valence-corrected chi connectivity index (χ3v) is 2.40. The minimum Gasteiger partial charge on any atom is -0.215 e. The summed E-state index contributed by atoms with van der Waals surface area (Å²) in [5, 5.41) is 8.54. The number of hydrogen-bond donors (Lipinski definition) is 2. The van der Waals surface area contributed by atoms with Gasteiger partial charge in [-0.1, -0.05) is 0 Å². The molecule has 0 radical (unpaired) electrons. The van der Waals surface area contributed by atoms with E-state index in [2.05, 4.69) is 15.9 Å². The minimum atomic E-state index is -4.65. The zero-order valence-corrected chi connectivity index (χ0v) is 8.16. The molecule has 0 aromatic heterocycles. The van der Waals surface area contributed by atoms with Crippen molar-refractivity contribution in [1.29, 1.82) is 0 Å². The Morgan fingerprint density at radius 1 is 1.29 bits per heavy atom. The van der Waals surface area contributed by atoms with Crippen LogP contribution in [0.25, 0.3) is 0 Å². The molecule has 0 spiro atoms. The predicted molar refractivity (Wildman–Crippen MR) is 42.5 cm³/mol. The van der Waals surface area contributed by atoms with Crippen LogP contribution in [0.4, 0.5) is 23.2 Å². The fourth-order valence-electron chi connectivity index (χ4n) is 0.911. The van der Waals surface area contributed by atoms with Crippen LogP contribution in [0, 0.1) is 5.82 Å². The average molecular weight is 275 g/mol. The molecular formula is C7H5BrF4NO+. The molecule has 0 aliphatic rings. The number of benzene rings is 1. The standard InChI is InChI=1S/C7H4BrF4NO/c8-6-4(7(10,11)12)1-3(9)2-5(6)13-14/h1-2,13-14H/p+1. The van der Waals surface area contributed by atoms with Crippen LogP contribution in [0.5, 0.6) is 0 Å². The van der Waals surface area contributed by atoms with E-state index in [-0.39, 0.29) is 10.2 Å². The number of quaternary nitrogens is 1. The molecule has 0 aliphatic carbocycles. The van der Waals surface area contributed by atoms with Crippen LogP contribution in [0.2, 0.25) is 0 Å². The summed E-state index contributed by atoms with van der Waals surface area (Å²) in [5.41, 5.74) is -1.00. The summed E-state index contributed by atoms with van der Waals surface area (Å²) >= 11 is 2.63. The molecule has 0 unspecified atom stereocenters. The van der Waals surface area contributed by atoms with E-state index in [9.17, 15) is 17.6 Å². The summed E-state index contributed by atoms with van der Waals surface area (Å²) in [5.74, 6) is -1.05. The molecule has 1 aromatic carbocycles. The SMILES string of the molecule is O[NH2+]c1cc(F)cc(C(F)(F)F)c1Br. The Morgan fingerprint density at radius 3 is 2.29 bits per heavy atom. The molecule has 0 fully saturated rings. The predicted octanol–water partition coefficient (Wildman–Crippen LogP) is 2.19. The number of nitrogens with two attached hydrogens (primary N) is 1. The van der Waals surface area contributed by atoms with Gasteiger partial charge in [-0.05, 0) is 22.0 Å². The molecule has 2 nitrogen and oxygen atoms in total. The highest BCUT2D eigenvalue weighted by molar-refractivity contribution is 9.10. The summed E-state index contributed by atoms with van der Waals surface area (Å²) in [6, 6.07) is 1.15. The zero-order chi connectivity index (χ0) is 10.9. The summed E-state index contributed by atoms with van der Waals surface area (Å²) in [6.45, 7) is 0. The van der Waals surface area contributed by atoms with E-state index in [1.165, 1.54) is 0 Å². The summed E-state index contributed by atoms with van der Waals surface area (Å²) in [7, 11) is 0. The molecule has 3 N–H and O–H groups in total. The Labute approximate surface area is 84.6 Å². The van der Waals surface area contributed by atoms with Crippen molar-refractivity contribution in [3.05, 3.63) is 28.0 Å². The van der Waals surface area contributed by atoms with Crippen LogP contribution in [-0.2, 0) is 6.18 Å². The highest BCUT2D eigenvalue weighted by atomic mass is 79.9. The van der Waals surface area contributed by atoms with Crippen LogP contribution in [0.3, 0.4) is 0 Å². The van der Waals surface area contributed by atoms with E-state index in [0.717, 1.165) is 6.07 Å². The van der Waals surface area contributed by atoms with Gasteiger partial charge in [0.25, 0.3) is 0 Å². The monoisotopic (exact) mass is 274 g/mol. The molecule has 78 valence electrons. The summed E-state index contributed by atoms with van der Waals surface area (Å²) in [4.78, 5) is 0. The lowest BCUT2D eigenvalue weighted by atomic mass is 10.2. The van der Waals surface area contributed by atoms with E-state index >= 15 is 0 Å². The van der Waals surface area contributed by atoms with Crippen LogP contribution in [-0.4, -0.2) is 5.21 Å². The van der Waals surface area contributed by atoms with Crippen molar-refractivity contribution >= 4 is 21.6 Å². The smallest absolute Gasteiger partial charge is 0.215 e. The Hall–Kier alpha value is -0.660. The molecule has 0 aliphatic heterocycles.